The lowest BCUT2D eigenvalue weighted by molar-refractivity contribution is -0.134. The summed E-state index contributed by atoms with van der Waals surface area (Å²) < 4.78 is 0. The van der Waals surface area contributed by atoms with Gasteiger partial charge in [-0.05, 0) is 42.3 Å². The summed E-state index contributed by atoms with van der Waals surface area (Å²) in [7, 11) is 0. The first kappa shape index (κ1) is 29.1. The minimum atomic E-state index is -1.26. The number of nitrogens with zero attached hydrogens (tertiary/aromatic N) is 1. The Balaban J connectivity index is 0.000000620. The monoisotopic (exact) mass is 469 g/mol. The Morgan fingerprint density at radius 1 is 0.794 bits per heavy atom. The summed E-state index contributed by atoms with van der Waals surface area (Å²) in [5, 5.41) is 27.2. The van der Waals surface area contributed by atoms with Crippen LogP contribution in [-0.4, -0.2) is 51.8 Å². The van der Waals surface area contributed by atoms with E-state index in [1.165, 1.54) is 0 Å². The van der Waals surface area contributed by atoms with Crippen molar-refractivity contribution in [2.24, 2.45) is 11.8 Å². The minimum absolute atomic E-state index is 0.558. The standard InChI is InChI=1S/C24H35NO.C4H4O4/c1-20(2)18-25(19-21(3)4)17-11-16-24(26,22-12-7-5-8-13-22)23-14-9-6-10-15-23;5-3(6)1-2-4(7)8/h5-10,12-15,20-21,26H,11,16-19H2,1-4H3;1-2H,(H,5,6)(H,7,8). The Hall–Kier alpha value is -2.96. The molecular weight excluding hydrogens is 430 g/mol. The molecule has 6 nitrogen and oxygen atoms in total. The molecule has 0 heterocycles. The summed E-state index contributed by atoms with van der Waals surface area (Å²) in [5.74, 6) is -1.19. The second-order valence-electron chi connectivity index (χ2n) is 9.25. The molecule has 2 aromatic rings. The molecule has 186 valence electrons. The predicted octanol–water partition coefficient (Wildman–Crippen LogP) is 5.03. The third kappa shape index (κ3) is 11.3. The van der Waals surface area contributed by atoms with Crippen LogP contribution in [0.4, 0.5) is 0 Å². The molecule has 2 aromatic carbocycles. The Morgan fingerprint density at radius 2 is 1.18 bits per heavy atom. The third-order valence-electron chi connectivity index (χ3n) is 5.13. The van der Waals surface area contributed by atoms with Crippen molar-refractivity contribution < 1.29 is 24.9 Å². The van der Waals surface area contributed by atoms with Crippen LogP contribution in [0, 0.1) is 11.8 Å². The molecule has 0 saturated carbocycles. The maximum Gasteiger partial charge on any atom is 0.328 e. The molecule has 0 bridgehead atoms. The molecule has 0 unspecified atom stereocenters. The molecule has 6 heteroatoms. The summed E-state index contributed by atoms with van der Waals surface area (Å²) in [6, 6.07) is 20.2. The van der Waals surface area contributed by atoms with Crippen LogP contribution in [0.25, 0.3) is 0 Å². The van der Waals surface area contributed by atoms with Crippen LogP contribution in [-0.2, 0) is 15.2 Å². The van der Waals surface area contributed by atoms with Gasteiger partial charge in [-0.25, -0.2) is 9.59 Å². The highest BCUT2D eigenvalue weighted by molar-refractivity contribution is 5.89. The lowest BCUT2D eigenvalue weighted by atomic mass is 9.82. The molecule has 0 aliphatic heterocycles. The third-order valence-corrected chi connectivity index (χ3v) is 5.13. The van der Waals surface area contributed by atoms with E-state index in [0.29, 0.717) is 24.0 Å². The number of aliphatic hydroxyl groups is 1. The highest BCUT2D eigenvalue weighted by Crippen LogP contribution is 2.34. The molecule has 0 fully saturated rings. The lowest BCUT2D eigenvalue weighted by Crippen LogP contribution is -2.34. The lowest BCUT2D eigenvalue weighted by Gasteiger charge is -2.32. The maximum atomic E-state index is 11.6. The van der Waals surface area contributed by atoms with E-state index in [-0.39, 0.29) is 0 Å². The number of benzene rings is 2. The number of carboxylic acid groups (broad SMARTS) is 2. The van der Waals surface area contributed by atoms with Crippen LogP contribution in [0.15, 0.2) is 72.8 Å². The summed E-state index contributed by atoms with van der Waals surface area (Å²) >= 11 is 0. The molecule has 0 atom stereocenters. The van der Waals surface area contributed by atoms with Gasteiger partial charge in [0.2, 0.25) is 0 Å². The van der Waals surface area contributed by atoms with Gasteiger partial charge in [-0.2, -0.15) is 0 Å². The van der Waals surface area contributed by atoms with Gasteiger partial charge in [-0.15, -0.1) is 0 Å². The molecular formula is C28H39NO5. The predicted molar refractivity (Wildman–Crippen MR) is 136 cm³/mol. The van der Waals surface area contributed by atoms with E-state index < -0.39 is 17.5 Å². The molecule has 0 amide bonds. The maximum absolute atomic E-state index is 11.6. The van der Waals surface area contributed by atoms with Gasteiger partial charge < -0.3 is 20.2 Å². The molecule has 0 spiro atoms. The van der Waals surface area contributed by atoms with Gasteiger partial charge in [0, 0.05) is 25.2 Å². The van der Waals surface area contributed by atoms with Crippen molar-refractivity contribution in [3.63, 3.8) is 0 Å². The summed E-state index contributed by atoms with van der Waals surface area (Å²) in [6.07, 6.45) is 2.82. The zero-order valence-corrected chi connectivity index (χ0v) is 20.7. The van der Waals surface area contributed by atoms with E-state index in [1.807, 2.05) is 60.7 Å². The van der Waals surface area contributed by atoms with Crippen molar-refractivity contribution in [1.29, 1.82) is 0 Å². The van der Waals surface area contributed by atoms with Crippen LogP contribution in [0.5, 0.6) is 0 Å². The molecule has 0 saturated heterocycles. The van der Waals surface area contributed by atoms with Gasteiger partial charge in [-0.3, -0.25) is 0 Å². The van der Waals surface area contributed by atoms with E-state index >= 15 is 0 Å². The number of aliphatic carboxylic acids is 2. The molecule has 0 aliphatic rings. The Kier molecular flexibility index (Phi) is 12.9. The van der Waals surface area contributed by atoms with E-state index in [0.717, 1.165) is 43.6 Å². The Bertz CT molecular complexity index is 813. The summed E-state index contributed by atoms with van der Waals surface area (Å²) in [6.45, 7) is 12.4. The normalized spacial score (nSPS) is 11.6. The van der Waals surface area contributed by atoms with Crippen LogP contribution in [0.1, 0.15) is 51.7 Å². The highest BCUT2D eigenvalue weighted by atomic mass is 16.4. The quantitative estimate of drug-likeness (QED) is 0.377. The van der Waals surface area contributed by atoms with Crippen LogP contribution in [0.2, 0.25) is 0 Å². The Morgan fingerprint density at radius 3 is 1.50 bits per heavy atom. The van der Waals surface area contributed by atoms with E-state index in [2.05, 4.69) is 32.6 Å². The van der Waals surface area contributed by atoms with Crippen molar-refractivity contribution >= 4 is 11.9 Å². The van der Waals surface area contributed by atoms with Crippen molar-refractivity contribution in [2.75, 3.05) is 19.6 Å². The molecule has 2 rings (SSSR count). The number of carbonyl (C=O) groups is 2. The molecule has 0 radical (unpaired) electrons. The molecule has 0 aliphatic carbocycles. The average molecular weight is 470 g/mol. The smallest absolute Gasteiger partial charge is 0.328 e. The van der Waals surface area contributed by atoms with Crippen LogP contribution >= 0.6 is 0 Å². The van der Waals surface area contributed by atoms with Gasteiger partial charge in [0.1, 0.15) is 5.60 Å². The van der Waals surface area contributed by atoms with Crippen molar-refractivity contribution in [1.82, 2.24) is 4.90 Å². The van der Waals surface area contributed by atoms with Gasteiger partial charge in [0.25, 0.3) is 0 Å². The van der Waals surface area contributed by atoms with Crippen molar-refractivity contribution in [3.8, 4) is 0 Å². The van der Waals surface area contributed by atoms with Gasteiger partial charge >= 0.3 is 11.9 Å². The zero-order valence-electron chi connectivity index (χ0n) is 20.7. The second-order valence-corrected chi connectivity index (χ2v) is 9.25. The molecule has 3 N–H and O–H groups in total. The molecule has 0 aromatic heterocycles. The van der Waals surface area contributed by atoms with Gasteiger partial charge in [-0.1, -0.05) is 88.4 Å². The summed E-state index contributed by atoms with van der Waals surface area (Å²) in [4.78, 5) is 21.7. The second kappa shape index (κ2) is 15.0. The van der Waals surface area contributed by atoms with Crippen molar-refractivity contribution in [2.45, 2.75) is 46.1 Å². The zero-order chi connectivity index (χ0) is 25.6. The topological polar surface area (TPSA) is 98.1 Å². The first-order valence-electron chi connectivity index (χ1n) is 11.7. The summed E-state index contributed by atoms with van der Waals surface area (Å²) in [5.41, 5.74) is 1.03. The minimum Gasteiger partial charge on any atom is -0.478 e. The van der Waals surface area contributed by atoms with Gasteiger partial charge in [0.05, 0.1) is 0 Å². The SMILES string of the molecule is CC(C)CN(CCCC(O)(c1ccccc1)c1ccccc1)CC(C)C.O=C(O)C=CC(=O)O. The number of carboxylic acids is 2. The molecule has 34 heavy (non-hydrogen) atoms. The van der Waals surface area contributed by atoms with Gasteiger partial charge in [0.15, 0.2) is 0 Å². The average Bonchev–Trinajstić information content (AvgIpc) is 2.78. The first-order valence-corrected chi connectivity index (χ1v) is 11.7. The number of rotatable bonds is 12. The fourth-order valence-corrected chi connectivity index (χ4v) is 3.87. The van der Waals surface area contributed by atoms with E-state index in [1.54, 1.807) is 0 Å². The highest BCUT2D eigenvalue weighted by Gasteiger charge is 2.31. The Labute approximate surface area is 203 Å². The number of hydrogen-bond donors (Lipinski definition) is 3. The van der Waals surface area contributed by atoms with E-state index in [9.17, 15) is 14.7 Å². The van der Waals surface area contributed by atoms with Crippen LogP contribution < -0.4 is 0 Å². The first-order chi connectivity index (χ1) is 16.0. The fraction of sp³-hybridized carbons (Fsp3) is 0.429. The largest absolute Gasteiger partial charge is 0.478 e. The van der Waals surface area contributed by atoms with E-state index in [4.69, 9.17) is 10.2 Å². The number of hydrogen-bond acceptors (Lipinski definition) is 4. The fourth-order valence-electron chi connectivity index (χ4n) is 3.87. The van der Waals surface area contributed by atoms with Crippen molar-refractivity contribution in [3.05, 3.63) is 83.9 Å². The van der Waals surface area contributed by atoms with Crippen LogP contribution in [0.3, 0.4) is 0 Å².